The highest BCUT2D eigenvalue weighted by Gasteiger charge is 2.36. The maximum atomic E-state index is 12.7. The number of nitrogens with zero attached hydrogens (tertiary/aromatic N) is 1. The number of ether oxygens (including phenoxy) is 3. The molecule has 2 fully saturated rings. The number of methoxy groups -OCH3 is 2. The Labute approximate surface area is 131 Å². The lowest BCUT2D eigenvalue weighted by molar-refractivity contribution is -0.141. The van der Waals surface area contributed by atoms with E-state index in [1.165, 1.54) is 0 Å². The van der Waals surface area contributed by atoms with Crippen molar-refractivity contribution in [1.82, 2.24) is 4.90 Å². The van der Waals surface area contributed by atoms with Gasteiger partial charge in [0.1, 0.15) is 6.10 Å². The number of carbonyl (C=O) groups excluding carboxylic acids is 1. The number of hydrogen-bond donors (Lipinski definition) is 0. The van der Waals surface area contributed by atoms with E-state index in [2.05, 4.69) is 0 Å². The van der Waals surface area contributed by atoms with Crippen LogP contribution in [-0.4, -0.2) is 44.3 Å². The van der Waals surface area contributed by atoms with Crippen LogP contribution in [0.2, 0.25) is 0 Å². The third-order valence-electron chi connectivity index (χ3n) is 4.53. The van der Waals surface area contributed by atoms with E-state index in [-0.39, 0.29) is 18.1 Å². The minimum atomic E-state index is -0.249. The molecule has 2 saturated heterocycles. The maximum Gasteiger partial charge on any atom is 0.252 e. The van der Waals surface area contributed by atoms with Crippen LogP contribution < -0.4 is 9.47 Å². The Bertz CT molecular complexity index is 539. The van der Waals surface area contributed by atoms with E-state index in [1.54, 1.807) is 14.2 Å². The predicted molar refractivity (Wildman–Crippen MR) is 82.2 cm³/mol. The van der Waals surface area contributed by atoms with Crippen LogP contribution in [0.5, 0.6) is 11.5 Å². The third-order valence-corrected chi connectivity index (χ3v) is 4.53. The van der Waals surface area contributed by atoms with Gasteiger partial charge in [-0.15, -0.1) is 0 Å². The first-order chi connectivity index (χ1) is 10.7. The van der Waals surface area contributed by atoms with Crippen molar-refractivity contribution in [3.05, 3.63) is 23.8 Å². The lowest BCUT2D eigenvalue weighted by atomic mass is 10.0. The summed E-state index contributed by atoms with van der Waals surface area (Å²) in [5.74, 6) is 1.55. The largest absolute Gasteiger partial charge is 0.493 e. The lowest BCUT2D eigenvalue weighted by Crippen LogP contribution is -2.38. The Morgan fingerprint density at radius 3 is 2.68 bits per heavy atom. The molecule has 0 bridgehead atoms. The Kier molecular flexibility index (Phi) is 4.52. The zero-order chi connectivity index (χ0) is 15.5. The number of benzene rings is 1. The van der Waals surface area contributed by atoms with Gasteiger partial charge in [0.25, 0.3) is 5.91 Å². The zero-order valence-corrected chi connectivity index (χ0v) is 13.2. The average molecular weight is 305 g/mol. The number of likely N-dealkylation sites (tertiary alicyclic amines) is 1. The van der Waals surface area contributed by atoms with Crippen LogP contribution in [0.15, 0.2) is 18.2 Å². The molecular formula is C17H23NO4. The molecule has 0 saturated carbocycles. The molecule has 5 nitrogen and oxygen atoms in total. The first kappa shape index (κ1) is 15.2. The van der Waals surface area contributed by atoms with Crippen LogP contribution in [0, 0.1) is 0 Å². The van der Waals surface area contributed by atoms with Crippen molar-refractivity contribution < 1.29 is 19.0 Å². The number of carbonyl (C=O) groups is 1. The van der Waals surface area contributed by atoms with Gasteiger partial charge in [-0.05, 0) is 43.4 Å². The molecule has 0 aliphatic carbocycles. The van der Waals surface area contributed by atoms with Gasteiger partial charge in [0.2, 0.25) is 0 Å². The number of hydrogen-bond acceptors (Lipinski definition) is 4. The molecule has 1 amide bonds. The summed E-state index contributed by atoms with van der Waals surface area (Å²) >= 11 is 0. The summed E-state index contributed by atoms with van der Waals surface area (Å²) in [6.45, 7) is 1.50. The predicted octanol–water partition coefficient (Wildman–Crippen LogP) is 2.55. The third kappa shape index (κ3) is 2.77. The van der Waals surface area contributed by atoms with E-state index in [9.17, 15) is 4.79 Å². The fourth-order valence-electron chi connectivity index (χ4n) is 3.39. The Morgan fingerprint density at radius 1 is 1.18 bits per heavy atom. The highest BCUT2D eigenvalue weighted by molar-refractivity contribution is 5.82. The summed E-state index contributed by atoms with van der Waals surface area (Å²) in [4.78, 5) is 14.6. The summed E-state index contributed by atoms with van der Waals surface area (Å²) in [5, 5.41) is 0. The molecule has 0 radical (unpaired) electrons. The molecule has 22 heavy (non-hydrogen) atoms. The average Bonchev–Trinajstić information content (AvgIpc) is 3.24. The van der Waals surface area contributed by atoms with E-state index in [0.717, 1.165) is 37.8 Å². The van der Waals surface area contributed by atoms with E-state index in [4.69, 9.17) is 14.2 Å². The summed E-state index contributed by atoms with van der Waals surface area (Å²) in [6.07, 6.45) is 3.57. The lowest BCUT2D eigenvalue weighted by Gasteiger charge is -2.27. The van der Waals surface area contributed by atoms with Crippen LogP contribution >= 0.6 is 0 Å². The standard InChI is InChI=1S/C17H23NO4/c1-20-14-8-7-12(11-16(14)21-2)13-5-3-9-18(13)17(19)15-6-4-10-22-15/h7-8,11,13,15H,3-6,9-10H2,1-2H3. The summed E-state index contributed by atoms with van der Waals surface area (Å²) in [7, 11) is 3.26. The molecule has 0 N–H and O–H groups in total. The van der Waals surface area contributed by atoms with Crippen LogP contribution in [0.3, 0.4) is 0 Å². The molecule has 3 rings (SSSR count). The normalized spacial score (nSPS) is 24.5. The van der Waals surface area contributed by atoms with Gasteiger partial charge in [0, 0.05) is 13.2 Å². The highest BCUT2D eigenvalue weighted by atomic mass is 16.5. The maximum absolute atomic E-state index is 12.7. The van der Waals surface area contributed by atoms with Gasteiger partial charge in [0.15, 0.2) is 11.5 Å². The smallest absolute Gasteiger partial charge is 0.252 e. The topological polar surface area (TPSA) is 48.0 Å². The molecule has 5 heteroatoms. The van der Waals surface area contributed by atoms with Gasteiger partial charge in [-0.2, -0.15) is 0 Å². The van der Waals surface area contributed by atoms with Gasteiger partial charge < -0.3 is 19.1 Å². The van der Waals surface area contributed by atoms with Crippen molar-refractivity contribution in [3.8, 4) is 11.5 Å². The SMILES string of the molecule is COc1ccc(C2CCCN2C(=O)C2CCCO2)cc1OC. The summed E-state index contributed by atoms with van der Waals surface area (Å²) in [6, 6.07) is 6.01. The van der Waals surface area contributed by atoms with Gasteiger partial charge in [-0.1, -0.05) is 6.07 Å². The molecule has 1 aromatic rings. The molecule has 2 aliphatic rings. The van der Waals surface area contributed by atoms with Crippen molar-refractivity contribution in [2.45, 2.75) is 37.8 Å². The van der Waals surface area contributed by atoms with Crippen LogP contribution in [0.4, 0.5) is 0 Å². The number of rotatable bonds is 4. The van der Waals surface area contributed by atoms with E-state index < -0.39 is 0 Å². The molecule has 120 valence electrons. The van der Waals surface area contributed by atoms with E-state index in [1.807, 2.05) is 23.1 Å². The molecule has 2 unspecified atom stereocenters. The molecule has 2 heterocycles. The van der Waals surface area contributed by atoms with Crippen molar-refractivity contribution in [2.24, 2.45) is 0 Å². The minimum absolute atomic E-state index is 0.108. The van der Waals surface area contributed by atoms with Crippen molar-refractivity contribution in [2.75, 3.05) is 27.4 Å². The van der Waals surface area contributed by atoms with Gasteiger partial charge >= 0.3 is 0 Å². The van der Waals surface area contributed by atoms with Crippen molar-refractivity contribution >= 4 is 5.91 Å². The monoisotopic (exact) mass is 305 g/mol. The molecule has 1 aromatic carbocycles. The molecule has 0 aromatic heterocycles. The van der Waals surface area contributed by atoms with E-state index >= 15 is 0 Å². The fourth-order valence-corrected chi connectivity index (χ4v) is 3.39. The van der Waals surface area contributed by atoms with Gasteiger partial charge in [-0.25, -0.2) is 0 Å². The van der Waals surface area contributed by atoms with Crippen molar-refractivity contribution in [1.29, 1.82) is 0 Å². The van der Waals surface area contributed by atoms with Gasteiger partial charge in [0.05, 0.1) is 20.3 Å². The first-order valence-corrected chi connectivity index (χ1v) is 7.88. The van der Waals surface area contributed by atoms with Crippen LogP contribution in [0.25, 0.3) is 0 Å². The molecule has 2 atom stereocenters. The Balaban J connectivity index is 1.82. The molecule has 0 spiro atoms. The fraction of sp³-hybridized carbons (Fsp3) is 0.588. The Morgan fingerprint density at radius 2 is 2.00 bits per heavy atom. The van der Waals surface area contributed by atoms with E-state index in [0.29, 0.717) is 18.1 Å². The second kappa shape index (κ2) is 6.57. The highest BCUT2D eigenvalue weighted by Crippen LogP contribution is 2.37. The zero-order valence-electron chi connectivity index (χ0n) is 13.2. The second-order valence-corrected chi connectivity index (χ2v) is 5.81. The quantitative estimate of drug-likeness (QED) is 0.858. The summed E-state index contributed by atoms with van der Waals surface area (Å²) < 4.78 is 16.2. The van der Waals surface area contributed by atoms with Crippen molar-refractivity contribution in [3.63, 3.8) is 0 Å². The molecule has 2 aliphatic heterocycles. The molecular weight excluding hydrogens is 282 g/mol. The van der Waals surface area contributed by atoms with Crippen LogP contribution in [-0.2, 0) is 9.53 Å². The van der Waals surface area contributed by atoms with Gasteiger partial charge in [-0.3, -0.25) is 4.79 Å². The Hall–Kier alpha value is -1.75. The second-order valence-electron chi connectivity index (χ2n) is 5.81. The first-order valence-electron chi connectivity index (χ1n) is 7.88. The summed E-state index contributed by atoms with van der Waals surface area (Å²) in [5.41, 5.74) is 1.10. The minimum Gasteiger partial charge on any atom is -0.493 e. The van der Waals surface area contributed by atoms with Crippen LogP contribution in [0.1, 0.15) is 37.3 Å². The number of amides is 1.